The Labute approximate surface area is 113 Å². The Hall–Kier alpha value is -1.56. The Morgan fingerprint density at radius 3 is 2.58 bits per heavy atom. The van der Waals surface area contributed by atoms with Crippen LogP contribution in [0.5, 0.6) is 0 Å². The third-order valence-corrected chi connectivity index (χ3v) is 2.71. The molecule has 0 bridgehead atoms. The average molecular weight is 290 g/mol. The van der Waals surface area contributed by atoms with Crippen LogP contribution in [0.3, 0.4) is 0 Å². The van der Waals surface area contributed by atoms with Gasteiger partial charge in [-0.3, -0.25) is 0 Å². The van der Waals surface area contributed by atoms with Crippen molar-refractivity contribution in [1.82, 2.24) is 9.97 Å². The van der Waals surface area contributed by atoms with E-state index in [2.05, 4.69) is 9.97 Å². The second-order valence-electron chi connectivity index (χ2n) is 3.94. The first-order valence-electron chi connectivity index (χ1n) is 5.58. The zero-order chi connectivity index (χ0) is 13.9. The minimum Gasteiger partial charge on any atom is -0.346 e. The quantitative estimate of drug-likeness (QED) is 0.809. The molecule has 0 fully saturated rings. The molecular weight excluding hydrogens is 279 g/mol. The zero-order valence-corrected chi connectivity index (χ0v) is 10.6. The van der Waals surface area contributed by atoms with Crippen molar-refractivity contribution in [2.45, 2.75) is 6.18 Å². The van der Waals surface area contributed by atoms with Crippen LogP contribution in [0.4, 0.5) is 19.0 Å². The normalized spacial score (nSPS) is 11.8. The highest BCUT2D eigenvalue weighted by atomic mass is 35.5. The number of rotatable bonds is 4. The van der Waals surface area contributed by atoms with Gasteiger partial charge in [0.25, 0.3) is 0 Å². The Kier molecular flexibility index (Phi) is 4.09. The van der Waals surface area contributed by atoms with E-state index < -0.39 is 12.7 Å². The van der Waals surface area contributed by atoms with E-state index in [0.717, 1.165) is 4.90 Å². The number of fused-ring (bicyclic) bond motifs is 1. The lowest BCUT2D eigenvalue weighted by atomic mass is 10.2. The van der Waals surface area contributed by atoms with Gasteiger partial charge in [0.05, 0.1) is 5.52 Å². The summed E-state index contributed by atoms with van der Waals surface area (Å²) in [6.45, 7) is -1.01. The number of alkyl halides is 4. The lowest BCUT2D eigenvalue weighted by Gasteiger charge is -2.24. The summed E-state index contributed by atoms with van der Waals surface area (Å²) in [5.41, 5.74) is 0.606. The molecule has 0 saturated heterocycles. The van der Waals surface area contributed by atoms with E-state index in [1.165, 1.54) is 6.33 Å². The Morgan fingerprint density at radius 2 is 1.89 bits per heavy atom. The van der Waals surface area contributed by atoms with Crippen molar-refractivity contribution >= 4 is 28.3 Å². The van der Waals surface area contributed by atoms with Gasteiger partial charge in [-0.25, -0.2) is 9.97 Å². The number of aromatic nitrogens is 2. The third kappa shape index (κ3) is 3.47. The highest BCUT2D eigenvalue weighted by molar-refractivity contribution is 6.18. The van der Waals surface area contributed by atoms with Gasteiger partial charge in [-0.15, -0.1) is 11.6 Å². The average Bonchev–Trinajstić information content (AvgIpc) is 2.36. The van der Waals surface area contributed by atoms with Gasteiger partial charge in [0.1, 0.15) is 18.7 Å². The number of hydrogen-bond acceptors (Lipinski definition) is 3. The number of nitrogens with zero attached hydrogens (tertiary/aromatic N) is 3. The van der Waals surface area contributed by atoms with Crippen molar-refractivity contribution < 1.29 is 13.2 Å². The summed E-state index contributed by atoms with van der Waals surface area (Å²) in [7, 11) is 0. The van der Waals surface area contributed by atoms with E-state index >= 15 is 0 Å². The highest BCUT2D eigenvalue weighted by Crippen LogP contribution is 2.26. The number of hydrogen-bond donors (Lipinski definition) is 0. The molecular formula is C12H11ClF3N3. The molecule has 2 rings (SSSR count). The van der Waals surface area contributed by atoms with E-state index in [0.29, 0.717) is 10.9 Å². The standard InChI is InChI=1S/C12H11ClF3N3/c13-5-6-19(7-12(14,15)16)11-9-3-1-2-4-10(9)17-8-18-11/h1-4,8H,5-7H2. The van der Waals surface area contributed by atoms with Crippen LogP contribution in [-0.4, -0.2) is 35.1 Å². The SMILES string of the molecule is FC(F)(F)CN(CCCl)c1ncnc2ccccc12. The Bertz CT molecular complexity index is 554. The van der Waals surface area contributed by atoms with Gasteiger partial charge in [0.2, 0.25) is 0 Å². The van der Waals surface area contributed by atoms with Crippen molar-refractivity contribution in [3.8, 4) is 0 Å². The summed E-state index contributed by atoms with van der Waals surface area (Å²) < 4.78 is 37.8. The molecule has 7 heteroatoms. The molecule has 0 aliphatic carbocycles. The van der Waals surface area contributed by atoms with E-state index in [-0.39, 0.29) is 18.2 Å². The first-order valence-corrected chi connectivity index (χ1v) is 6.12. The number of anilines is 1. The van der Waals surface area contributed by atoms with Gasteiger partial charge in [-0.05, 0) is 12.1 Å². The maximum Gasteiger partial charge on any atom is 0.405 e. The monoisotopic (exact) mass is 289 g/mol. The Balaban J connectivity index is 2.44. The van der Waals surface area contributed by atoms with Gasteiger partial charge in [-0.2, -0.15) is 13.2 Å². The van der Waals surface area contributed by atoms with E-state index in [1.807, 2.05) is 0 Å². The highest BCUT2D eigenvalue weighted by Gasteiger charge is 2.31. The van der Waals surface area contributed by atoms with Crippen LogP contribution < -0.4 is 4.90 Å². The summed E-state index contributed by atoms with van der Waals surface area (Å²) in [6, 6.07) is 6.94. The number of benzene rings is 1. The second kappa shape index (κ2) is 5.61. The molecule has 1 heterocycles. The number of para-hydroxylation sites is 1. The molecule has 0 aliphatic heterocycles. The molecule has 0 saturated carbocycles. The molecule has 3 nitrogen and oxygen atoms in total. The zero-order valence-electron chi connectivity index (χ0n) is 9.86. The van der Waals surface area contributed by atoms with Crippen LogP contribution in [0.15, 0.2) is 30.6 Å². The minimum absolute atomic E-state index is 0.0715. The first kappa shape index (κ1) is 13.9. The molecule has 0 amide bonds. The second-order valence-corrected chi connectivity index (χ2v) is 4.32. The summed E-state index contributed by atoms with van der Waals surface area (Å²) in [5, 5.41) is 0.583. The van der Waals surface area contributed by atoms with Crippen molar-refractivity contribution in [2.75, 3.05) is 23.9 Å². The fourth-order valence-electron chi connectivity index (χ4n) is 1.82. The molecule has 19 heavy (non-hydrogen) atoms. The van der Waals surface area contributed by atoms with Crippen LogP contribution in [0.1, 0.15) is 0 Å². The van der Waals surface area contributed by atoms with E-state index in [1.54, 1.807) is 24.3 Å². The summed E-state index contributed by atoms with van der Waals surface area (Å²) in [4.78, 5) is 9.12. The molecule has 0 aliphatic rings. The van der Waals surface area contributed by atoms with Crippen LogP contribution in [0.2, 0.25) is 0 Å². The van der Waals surface area contributed by atoms with Crippen molar-refractivity contribution in [3.63, 3.8) is 0 Å². The van der Waals surface area contributed by atoms with Crippen LogP contribution in [0.25, 0.3) is 10.9 Å². The van der Waals surface area contributed by atoms with Crippen LogP contribution in [-0.2, 0) is 0 Å². The maximum absolute atomic E-state index is 12.6. The smallest absolute Gasteiger partial charge is 0.346 e. The van der Waals surface area contributed by atoms with Crippen LogP contribution in [0, 0.1) is 0 Å². The van der Waals surface area contributed by atoms with E-state index in [4.69, 9.17) is 11.6 Å². The lowest BCUT2D eigenvalue weighted by molar-refractivity contribution is -0.119. The molecule has 0 atom stereocenters. The number of halogens is 4. The van der Waals surface area contributed by atoms with Gasteiger partial charge < -0.3 is 4.90 Å². The predicted molar refractivity (Wildman–Crippen MR) is 68.5 cm³/mol. The van der Waals surface area contributed by atoms with Gasteiger partial charge in [0.15, 0.2) is 0 Å². The summed E-state index contributed by atoms with van der Waals surface area (Å²) in [5.74, 6) is 0.345. The minimum atomic E-state index is -4.31. The van der Waals surface area contributed by atoms with Gasteiger partial charge in [-0.1, -0.05) is 12.1 Å². The molecule has 102 valence electrons. The van der Waals surface area contributed by atoms with Crippen molar-refractivity contribution in [3.05, 3.63) is 30.6 Å². The predicted octanol–water partition coefficient (Wildman–Crippen LogP) is 3.24. The first-order chi connectivity index (χ1) is 9.01. The fraction of sp³-hybridized carbons (Fsp3) is 0.333. The van der Waals surface area contributed by atoms with E-state index in [9.17, 15) is 13.2 Å². The molecule has 0 N–H and O–H groups in total. The largest absolute Gasteiger partial charge is 0.405 e. The van der Waals surface area contributed by atoms with Crippen molar-refractivity contribution in [2.24, 2.45) is 0 Å². The molecule has 0 radical (unpaired) electrons. The maximum atomic E-state index is 12.6. The summed E-state index contributed by atoms with van der Waals surface area (Å²) >= 11 is 5.57. The van der Waals surface area contributed by atoms with Gasteiger partial charge in [0, 0.05) is 17.8 Å². The van der Waals surface area contributed by atoms with Crippen molar-refractivity contribution in [1.29, 1.82) is 0 Å². The fourth-order valence-corrected chi connectivity index (χ4v) is 2.02. The molecule has 1 aromatic heterocycles. The molecule has 0 spiro atoms. The summed E-state index contributed by atoms with van der Waals surface area (Å²) in [6.07, 6.45) is -3.05. The topological polar surface area (TPSA) is 29.0 Å². The molecule has 1 aromatic carbocycles. The van der Waals surface area contributed by atoms with Gasteiger partial charge >= 0.3 is 6.18 Å². The molecule has 0 unspecified atom stereocenters. The Morgan fingerprint density at radius 1 is 1.16 bits per heavy atom. The van der Waals surface area contributed by atoms with Crippen LogP contribution >= 0.6 is 11.6 Å². The third-order valence-electron chi connectivity index (χ3n) is 2.55. The lowest BCUT2D eigenvalue weighted by Crippen LogP contribution is -2.36. The molecule has 2 aromatic rings.